The molecule has 1 saturated carbocycles. The molecule has 1 fully saturated rings. The van der Waals surface area contributed by atoms with Crippen LogP contribution in [0.15, 0.2) is 30.5 Å². The van der Waals surface area contributed by atoms with Gasteiger partial charge in [0.05, 0.1) is 13.3 Å². The van der Waals surface area contributed by atoms with Crippen LogP contribution in [-0.2, 0) is 0 Å². The maximum atomic E-state index is 12.3. The predicted octanol–water partition coefficient (Wildman–Crippen LogP) is 3.24. The average Bonchev–Trinajstić information content (AvgIpc) is 3.07. The van der Waals surface area contributed by atoms with Crippen LogP contribution in [0.3, 0.4) is 0 Å². The van der Waals surface area contributed by atoms with E-state index in [9.17, 15) is 4.79 Å². The molecule has 3 N–H and O–H groups in total. The summed E-state index contributed by atoms with van der Waals surface area (Å²) in [6.45, 7) is 0. The first-order valence-electron chi connectivity index (χ1n) is 7.82. The summed E-state index contributed by atoms with van der Waals surface area (Å²) in [6.07, 6.45) is 5.51. The molecule has 24 heavy (non-hydrogen) atoms. The first-order valence-corrected chi connectivity index (χ1v) is 8.64. The lowest BCUT2D eigenvalue weighted by Gasteiger charge is -2.26. The van der Waals surface area contributed by atoms with Gasteiger partial charge >= 0.3 is 0 Å². The summed E-state index contributed by atoms with van der Waals surface area (Å²) >= 11 is 1.41. The van der Waals surface area contributed by atoms with Crippen LogP contribution in [0.1, 0.15) is 35.4 Å². The van der Waals surface area contributed by atoms with Crippen LogP contribution >= 0.6 is 23.7 Å². The number of nitrogens with zero attached hydrogens (tertiary/aromatic N) is 1. The van der Waals surface area contributed by atoms with Gasteiger partial charge in [-0.05, 0) is 49.9 Å². The molecule has 1 aliphatic rings. The highest BCUT2D eigenvalue weighted by atomic mass is 35.5. The summed E-state index contributed by atoms with van der Waals surface area (Å²) in [5.74, 6) is 0.765. The minimum absolute atomic E-state index is 0. The summed E-state index contributed by atoms with van der Waals surface area (Å²) in [4.78, 5) is 17.4. The zero-order valence-electron chi connectivity index (χ0n) is 13.5. The lowest BCUT2D eigenvalue weighted by atomic mass is 9.92. The van der Waals surface area contributed by atoms with Crippen molar-refractivity contribution in [1.29, 1.82) is 0 Å². The smallest absolute Gasteiger partial charge is 0.263 e. The van der Waals surface area contributed by atoms with Crippen molar-refractivity contribution in [3.63, 3.8) is 0 Å². The highest BCUT2D eigenvalue weighted by molar-refractivity contribution is 7.16. The number of aromatic nitrogens is 1. The zero-order chi connectivity index (χ0) is 16.2. The molecule has 1 aromatic heterocycles. The Labute approximate surface area is 152 Å². The number of rotatable bonds is 4. The number of carbonyl (C=O) groups is 1. The van der Waals surface area contributed by atoms with Crippen LogP contribution in [0.4, 0.5) is 0 Å². The topological polar surface area (TPSA) is 77.2 Å². The van der Waals surface area contributed by atoms with Crippen molar-refractivity contribution in [1.82, 2.24) is 10.3 Å². The van der Waals surface area contributed by atoms with Gasteiger partial charge in [0.2, 0.25) is 0 Å². The number of amides is 1. The Morgan fingerprint density at radius 3 is 2.54 bits per heavy atom. The number of nitrogens with two attached hydrogens (primary N) is 1. The maximum Gasteiger partial charge on any atom is 0.263 e. The normalized spacial score (nSPS) is 20.1. The largest absolute Gasteiger partial charge is 0.497 e. The molecule has 0 bridgehead atoms. The molecule has 0 unspecified atom stereocenters. The second-order valence-corrected chi connectivity index (χ2v) is 6.87. The fourth-order valence-electron chi connectivity index (χ4n) is 2.77. The van der Waals surface area contributed by atoms with E-state index in [4.69, 9.17) is 10.5 Å². The standard InChI is InChI=1S/C17H21N3O2S.ClH/c1-22-14-8-2-11(3-9-14)17-19-10-15(23-17)16(21)20-13-6-4-12(18)5-7-13;/h2-3,8-10,12-13H,4-7,18H2,1H3,(H,20,21);1H. The van der Waals surface area contributed by atoms with Crippen molar-refractivity contribution in [2.75, 3.05) is 7.11 Å². The lowest BCUT2D eigenvalue weighted by Crippen LogP contribution is -2.40. The summed E-state index contributed by atoms with van der Waals surface area (Å²) in [5, 5.41) is 3.93. The van der Waals surface area contributed by atoms with E-state index in [0.717, 1.165) is 42.0 Å². The van der Waals surface area contributed by atoms with Crippen molar-refractivity contribution in [2.45, 2.75) is 37.8 Å². The van der Waals surface area contributed by atoms with E-state index in [1.165, 1.54) is 11.3 Å². The van der Waals surface area contributed by atoms with Crippen LogP contribution in [0.2, 0.25) is 0 Å². The molecule has 0 radical (unpaired) electrons. The third-order valence-corrected chi connectivity index (χ3v) is 5.22. The molecular weight excluding hydrogens is 346 g/mol. The number of halogens is 1. The second kappa shape index (κ2) is 8.46. The van der Waals surface area contributed by atoms with E-state index >= 15 is 0 Å². The number of hydrogen-bond donors (Lipinski definition) is 2. The van der Waals surface area contributed by atoms with Gasteiger partial charge in [-0.3, -0.25) is 4.79 Å². The minimum Gasteiger partial charge on any atom is -0.497 e. The highest BCUT2D eigenvalue weighted by Gasteiger charge is 2.21. The zero-order valence-corrected chi connectivity index (χ0v) is 15.2. The van der Waals surface area contributed by atoms with Crippen molar-refractivity contribution in [2.24, 2.45) is 5.73 Å². The number of hydrogen-bond acceptors (Lipinski definition) is 5. The Morgan fingerprint density at radius 2 is 1.92 bits per heavy atom. The van der Waals surface area contributed by atoms with E-state index in [1.807, 2.05) is 24.3 Å². The van der Waals surface area contributed by atoms with Gasteiger partial charge in [-0.2, -0.15) is 0 Å². The summed E-state index contributed by atoms with van der Waals surface area (Å²) in [5.41, 5.74) is 6.88. The van der Waals surface area contributed by atoms with Gasteiger partial charge in [-0.25, -0.2) is 4.98 Å². The lowest BCUT2D eigenvalue weighted by molar-refractivity contribution is 0.0930. The van der Waals surface area contributed by atoms with Gasteiger partial charge in [0.1, 0.15) is 15.6 Å². The number of thiazole rings is 1. The molecule has 0 spiro atoms. The van der Waals surface area contributed by atoms with Crippen molar-refractivity contribution >= 4 is 29.7 Å². The molecule has 1 amide bonds. The van der Waals surface area contributed by atoms with Gasteiger partial charge in [0.15, 0.2) is 0 Å². The molecule has 5 nitrogen and oxygen atoms in total. The van der Waals surface area contributed by atoms with Gasteiger partial charge in [0.25, 0.3) is 5.91 Å². The first-order chi connectivity index (χ1) is 11.2. The predicted molar refractivity (Wildman–Crippen MR) is 99.0 cm³/mol. The molecule has 0 saturated heterocycles. The molecule has 1 heterocycles. The van der Waals surface area contributed by atoms with Crippen LogP contribution < -0.4 is 15.8 Å². The highest BCUT2D eigenvalue weighted by Crippen LogP contribution is 2.27. The van der Waals surface area contributed by atoms with Crippen LogP contribution in [0.25, 0.3) is 10.6 Å². The van der Waals surface area contributed by atoms with E-state index in [2.05, 4.69) is 10.3 Å². The number of methoxy groups -OCH3 is 1. The van der Waals surface area contributed by atoms with Crippen LogP contribution in [-0.4, -0.2) is 30.1 Å². The Balaban J connectivity index is 0.00000208. The SMILES string of the molecule is COc1ccc(-c2ncc(C(=O)NC3CCC(N)CC3)s2)cc1.Cl. The molecule has 2 aromatic rings. The number of ether oxygens (including phenoxy) is 1. The van der Waals surface area contributed by atoms with E-state index in [-0.39, 0.29) is 30.4 Å². The van der Waals surface area contributed by atoms with Crippen LogP contribution in [0.5, 0.6) is 5.75 Å². The van der Waals surface area contributed by atoms with Gasteiger partial charge in [-0.15, -0.1) is 23.7 Å². The van der Waals surface area contributed by atoms with Crippen molar-refractivity contribution in [3.05, 3.63) is 35.3 Å². The molecule has 1 aliphatic carbocycles. The minimum atomic E-state index is -0.0391. The fourth-order valence-corrected chi connectivity index (χ4v) is 3.59. The second-order valence-electron chi connectivity index (χ2n) is 5.84. The quantitative estimate of drug-likeness (QED) is 0.869. The molecule has 3 rings (SSSR count). The summed E-state index contributed by atoms with van der Waals surface area (Å²) in [7, 11) is 1.64. The summed E-state index contributed by atoms with van der Waals surface area (Å²) in [6, 6.07) is 8.19. The Morgan fingerprint density at radius 1 is 1.25 bits per heavy atom. The molecular formula is C17H22ClN3O2S. The van der Waals surface area contributed by atoms with E-state index < -0.39 is 0 Å². The third kappa shape index (κ3) is 4.47. The number of carbonyl (C=O) groups excluding carboxylic acids is 1. The molecule has 7 heteroatoms. The molecule has 0 atom stereocenters. The maximum absolute atomic E-state index is 12.3. The molecule has 130 valence electrons. The van der Waals surface area contributed by atoms with Gasteiger partial charge in [0, 0.05) is 17.6 Å². The fraction of sp³-hybridized carbons (Fsp3) is 0.412. The Hall–Kier alpha value is -1.63. The number of benzene rings is 1. The average molecular weight is 368 g/mol. The molecule has 1 aromatic carbocycles. The number of nitrogens with one attached hydrogen (secondary N) is 1. The van der Waals surface area contributed by atoms with E-state index in [1.54, 1.807) is 13.3 Å². The molecule has 0 aliphatic heterocycles. The first kappa shape index (κ1) is 18.7. The van der Waals surface area contributed by atoms with Crippen molar-refractivity contribution < 1.29 is 9.53 Å². The van der Waals surface area contributed by atoms with Gasteiger partial charge in [-0.1, -0.05) is 0 Å². The van der Waals surface area contributed by atoms with Gasteiger partial charge < -0.3 is 15.8 Å². The Bertz CT molecular complexity index is 667. The summed E-state index contributed by atoms with van der Waals surface area (Å²) < 4.78 is 5.15. The van der Waals surface area contributed by atoms with Crippen LogP contribution in [0, 0.1) is 0 Å². The van der Waals surface area contributed by atoms with E-state index in [0.29, 0.717) is 4.88 Å². The third-order valence-electron chi connectivity index (χ3n) is 4.17. The Kier molecular flexibility index (Phi) is 6.60. The van der Waals surface area contributed by atoms with Crippen molar-refractivity contribution in [3.8, 4) is 16.3 Å². The monoisotopic (exact) mass is 367 g/mol.